The summed E-state index contributed by atoms with van der Waals surface area (Å²) in [6.45, 7) is 12.0. The van der Waals surface area contributed by atoms with Crippen LogP contribution in [0.4, 0.5) is 0 Å². The van der Waals surface area contributed by atoms with Crippen LogP contribution in [0.3, 0.4) is 0 Å². The third-order valence-corrected chi connectivity index (χ3v) is 6.55. The first-order chi connectivity index (χ1) is 11.1. The van der Waals surface area contributed by atoms with Crippen molar-refractivity contribution in [2.24, 2.45) is 11.3 Å². The summed E-state index contributed by atoms with van der Waals surface area (Å²) >= 11 is 0. The summed E-state index contributed by atoms with van der Waals surface area (Å²) in [5, 5.41) is 0. The van der Waals surface area contributed by atoms with Gasteiger partial charge in [-0.3, -0.25) is 4.79 Å². The van der Waals surface area contributed by atoms with Gasteiger partial charge in [-0.05, 0) is 64.0 Å². The molecule has 0 N–H and O–H groups in total. The second-order valence-electron chi connectivity index (χ2n) is 8.24. The van der Waals surface area contributed by atoms with E-state index in [0.29, 0.717) is 0 Å². The minimum Gasteiger partial charge on any atom is -0.460 e. The van der Waals surface area contributed by atoms with Crippen LogP contribution >= 0.6 is 0 Å². The Labute approximate surface area is 144 Å². The molecule has 0 aromatic heterocycles. The number of esters is 1. The maximum Gasteiger partial charge on any atom is 0.341 e. The summed E-state index contributed by atoms with van der Waals surface area (Å²) < 4.78 is 11.2. The van der Waals surface area contributed by atoms with E-state index in [0.717, 1.165) is 30.4 Å². The van der Waals surface area contributed by atoms with E-state index in [1.807, 2.05) is 26.8 Å². The van der Waals surface area contributed by atoms with Gasteiger partial charge in [0.25, 0.3) is 0 Å². The largest absolute Gasteiger partial charge is 0.460 e. The summed E-state index contributed by atoms with van der Waals surface area (Å²) in [6, 6.07) is 0. The lowest BCUT2D eigenvalue weighted by Gasteiger charge is -2.48. The average molecular weight is 332 g/mol. The van der Waals surface area contributed by atoms with Crippen molar-refractivity contribution in [3.05, 3.63) is 22.8 Å². The summed E-state index contributed by atoms with van der Waals surface area (Å²) in [6.07, 6.45) is 3.95. The minimum atomic E-state index is -0.773. The van der Waals surface area contributed by atoms with E-state index in [2.05, 4.69) is 13.8 Å². The molecule has 4 heteroatoms. The number of hydrogen-bond donors (Lipinski definition) is 0. The van der Waals surface area contributed by atoms with Crippen LogP contribution in [0, 0.1) is 11.3 Å². The number of hydrogen-bond acceptors (Lipinski definition) is 4. The number of ether oxygens (including phenoxy) is 2. The van der Waals surface area contributed by atoms with Gasteiger partial charge in [-0.15, -0.1) is 0 Å². The highest BCUT2D eigenvalue weighted by Crippen LogP contribution is 2.52. The van der Waals surface area contributed by atoms with Gasteiger partial charge in [0.15, 0.2) is 11.4 Å². The molecule has 24 heavy (non-hydrogen) atoms. The highest BCUT2D eigenvalue weighted by molar-refractivity contribution is 6.06. The van der Waals surface area contributed by atoms with Crippen molar-refractivity contribution in [2.45, 2.75) is 78.6 Å². The quantitative estimate of drug-likeness (QED) is 0.439. The molecule has 0 unspecified atom stereocenters. The number of allylic oxidation sites excluding steroid dienone is 4. The van der Waals surface area contributed by atoms with Crippen molar-refractivity contribution in [1.82, 2.24) is 0 Å². The van der Waals surface area contributed by atoms with Gasteiger partial charge in [0.05, 0.1) is 6.10 Å². The SMILES string of the molecule is CC(C)=C1C[C@@]2(C)C(=CC1=O)CC[C@@H](OC(=O)[C@@]1(C)O[C@@H]1C)[C@@H]2C. The molecule has 1 saturated carbocycles. The predicted molar refractivity (Wildman–Crippen MR) is 91.4 cm³/mol. The lowest BCUT2D eigenvalue weighted by molar-refractivity contribution is -0.161. The van der Waals surface area contributed by atoms with Crippen LogP contribution in [-0.2, 0) is 19.1 Å². The lowest BCUT2D eigenvalue weighted by atomic mass is 9.58. The minimum absolute atomic E-state index is 0.0699. The molecule has 2 aliphatic carbocycles. The number of carbonyl (C=O) groups is 2. The van der Waals surface area contributed by atoms with E-state index in [4.69, 9.17) is 9.47 Å². The molecular weight excluding hydrogens is 304 g/mol. The Balaban J connectivity index is 1.82. The van der Waals surface area contributed by atoms with E-state index in [1.54, 1.807) is 6.92 Å². The average Bonchev–Trinajstić information content (AvgIpc) is 3.12. The van der Waals surface area contributed by atoms with Gasteiger partial charge in [0.1, 0.15) is 6.10 Å². The summed E-state index contributed by atoms with van der Waals surface area (Å²) in [5.41, 5.74) is 2.30. The highest BCUT2D eigenvalue weighted by atomic mass is 16.7. The molecule has 1 saturated heterocycles. The van der Waals surface area contributed by atoms with Crippen molar-refractivity contribution in [1.29, 1.82) is 0 Å². The molecule has 3 rings (SSSR count). The van der Waals surface area contributed by atoms with Crippen LogP contribution in [0.15, 0.2) is 22.8 Å². The Morgan fingerprint density at radius 2 is 1.92 bits per heavy atom. The summed E-state index contributed by atoms with van der Waals surface area (Å²) in [5.74, 6) is 0.0663. The summed E-state index contributed by atoms with van der Waals surface area (Å²) in [4.78, 5) is 24.8. The second kappa shape index (κ2) is 5.55. The van der Waals surface area contributed by atoms with Gasteiger partial charge >= 0.3 is 5.97 Å². The Morgan fingerprint density at radius 3 is 2.46 bits per heavy atom. The van der Waals surface area contributed by atoms with Crippen molar-refractivity contribution in [2.75, 3.05) is 0 Å². The van der Waals surface area contributed by atoms with Crippen molar-refractivity contribution >= 4 is 11.8 Å². The maximum atomic E-state index is 12.4. The fourth-order valence-electron chi connectivity index (χ4n) is 4.13. The molecule has 5 atom stereocenters. The second-order valence-corrected chi connectivity index (χ2v) is 8.24. The van der Waals surface area contributed by atoms with Crippen LogP contribution < -0.4 is 0 Å². The van der Waals surface area contributed by atoms with Crippen LogP contribution in [0.25, 0.3) is 0 Å². The van der Waals surface area contributed by atoms with Crippen molar-refractivity contribution < 1.29 is 19.1 Å². The normalized spacial score (nSPS) is 41.4. The number of rotatable bonds is 2. The van der Waals surface area contributed by atoms with E-state index in [9.17, 15) is 9.59 Å². The molecule has 2 fully saturated rings. The zero-order chi connectivity index (χ0) is 17.9. The number of ketones is 1. The molecule has 4 nitrogen and oxygen atoms in total. The first kappa shape index (κ1) is 17.4. The lowest BCUT2D eigenvalue weighted by Crippen LogP contribution is -2.46. The Bertz CT molecular complexity index is 655. The van der Waals surface area contributed by atoms with Crippen LogP contribution in [0.5, 0.6) is 0 Å². The summed E-state index contributed by atoms with van der Waals surface area (Å²) in [7, 11) is 0. The molecule has 0 radical (unpaired) electrons. The Morgan fingerprint density at radius 1 is 1.29 bits per heavy atom. The van der Waals surface area contributed by atoms with E-state index >= 15 is 0 Å². The Hall–Kier alpha value is -1.42. The third-order valence-electron chi connectivity index (χ3n) is 6.55. The molecule has 0 amide bonds. The molecular formula is C20H28O4. The molecule has 0 aromatic carbocycles. The van der Waals surface area contributed by atoms with Crippen molar-refractivity contribution in [3.63, 3.8) is 0 Å². The standard InChI is InChI=1S/C20H28O4/c1-11(2)15-10-19(5)12(3)17(8-7-14(19)9-16(15)21)23-18(22)20(6)13(4)24-20/h9,12-13,17H,7-8,10H2,1-6H3/t12-,13+,17+,19+,20-/m0/s1. The van der Waals surface area contributed by atoms with Gasteiger partial charge in [-0.2, -0.15) is 0 Å². The smallest absolute Gasteiger partial charge is 0.341 e. The molecule has 1 heterocycles. The van der Waals surface area contributed by atoms with Gasteiger partial charge < -0.3 is 9.47 Å². The van der Waals surface area contributed by atoms with E-state index < -0.39 is 5.60 Å². The first-order valence-electron chi connectivity index (χ1n) is 8.90. The molecule has 0 spiro atoms. The number of epoxide rings is 1. The predicted octanol–water partition coefficient (Wildman–Crippen LogP) is 3.75. The Kier molecular flexibility index (Phi) is 4.03. The van der Waals surface area contributed by atoms with Crippen LogP contribution in [0.2, 0.25) is 0 Å². The molecule has 1 aliphatic heterocycles. The van der Waals surface area contributed by atoms with Gasteiger partial charge in [0, 0.05) is 5.92 Å². The molecule has 0 aromatic rings. The van der Waals surface area contributed by atoms with Crippen molar-refractivity contribution in [3.8, 4) is 0 Å². The fourth-order valence-corrected chi connectivity index (χ4v) is 4.13. The van der Waals surface area contributed by atoms with Gasteiger partial charge in [0.2, 0.25) is 0 Å². The van der Waals surface area contributed by atoms with Crippen LogP contribution in [-0.4, -0.2) is 29.6 Å². The fraction of sp³-hybridized carbons (Fsp3) is 0.700. The zero-order valence-corrected chi connectivity index (χ0v) is 15.6. The van der Waals surface area contributed by atoms with Crippen LogP contribution in [0.1, 0.15) is 60.8 Å². The maximum absolute atomic E-state index is 12.4. The molecule has 0 bridgehead atoms. The topological polar surface area (TPSA) is 55.9 Å². The third kappa shape index (κ3) is 2.55. The molecule has 132 valence electrons. The number of fused-ring (bicyclic) bond motifs is 1. The molecule has 3 aliphatic rings. The number of carbonyl (C=O) groups excluding carboxylic acids is 2. The van der Waals surface area contributed by atoms with E-state index in [1.165, 1.54) is 5.57 Å². The highest BCUT2D eigenvalue weighted by Gasteiger charge is 2.58. The van der Waals surface area contributed by atoms with Gasteiger partial charge in [-0.1, -0.05) is 25.0 Å². The van der Waals surface area contributed by atoms with Gasteiger partial charge in [-0.25, -0.2) is 4.79 Å². The zero-order valence-electron chi connectivity index (χ0n) is 15.6. The van der Waals surface area contributed by atoms with E-state index in [-0.39, 0.29) is 35.3 Å². The monoisotopic (exact) mass is 332 g/mol. The first-order valence-corrected chi connectivity index (χ1v) is 8.90.